The Morgan fingerprint density at radius 3 is 2.46 bits per heavy atom. The first-order valence-corrected chi connectivity index (χ1v) is 10.7. The van der Waals surface area contributed by atoms with Gasteiger partial charge in [0.05, 0.1) is 5.60 Å². The Labute approximate surface area is 158 Å². The number of halogens is 1. The Balaban J connectivity index is 1.71. The molecule has 0 radical (unpaired) electrons. The normalized spacial score (nSPS) is 26.3. The predicted octanol–water partition coefficient (Wildman–Crippen LogP) is 5.60. The molecule has 26 heavy (non-hydrogen) atoms. The molecule has 1 aliphatic carbocycles. The third-order valence-electron chi connectivity index (χ3n) is 7.08. The van der Waals surface area contributed by atoms with Crippen molar-refractivity contribution in [3.05, 3.63) is 35.6 Å². The molecule has 2 aliphatic rings. The summed E-state index contributed by atoms with van der Waals surface area (Å²) in [5.74, 6) is 0.726. The van der Waals surface area contributed by atoms with E-state index in [0.717, 1.165) is 57.7 Å². The SMILES string of the molecule is CCC1(CC)CC(CCNCC2CCCC2)(c2ccc(F)cc2)CCO1. The zero-order valence-corrected chi connectivity index (χ0v) is 16.7. The standard InChI is InChI=1S/C23H36FNO/c1-3-23(4-2)18-22(14-16-26-23,20-9-11-21(24)12-10-20)13-15-25-17-19-7-5-6-8-19/h9-12,19,25H,3-8,13-18H2,1-2H3. The minimum atomic E-state index is -0.146. The fourth-order valence-corrected chi connectivity index (χ4v) is 5.18. The van der Waals surface area contributed by atoms with Crippen LogP contribution in [0, 0.1) is 11.7 Å². The van der Waals surface area contributed by atoms with Gasteiger partial charge >= 0.3 is 0 Å². The van der Waals surface area contributed by atoms with Gasteiger partial charge in [0.25, 0.3) is 0 Å². The molecule has 0 bridgehead atoms. The number of benzene rings is 1. The van der Waals surface area contributed by atoms with Crippen molar-refractivity contribution in [1.29, 1.82) is 0 Å². The lowest BCUT2D eigenvalue weighted by Gasteiger charge is -2.48. The molecule has 1 saturated carbocycles. The van der Waals surface area contributed by atoms with Crippen molar-refractivity contribution < 1.29 is 9.13 Å². The molecule has 0 aromatic heterocycles. The van der Waals surface area contributed by atoms with Crippen LogP contribution in [-0.4, -0.2) is 25.3 Å². The third-order valence-corrected chi connectivity index (χ3v) is 7.08. The topological polar surface area (TPSA) is 21.3 Å². The first-order chi connectivity index (χ1) is 12.6. The van der Waals surface area contributed by atoms with E-state index in [9.17, 15) is 4.39 Å². The van der Waals surface area contributed by atoms with Crippen LogP contribution in [0.3, 0.4) is 0 Å². The van der Waals surface area contributed by atoms with Crippen LogP contribution in [-0.2, 0) is 10.2 Å². The smallest absolute Gasteiger partial charge is 0.123 e. The number of nitrogens with one attached hydrogen (secondary N) is 1. The molecule has 1 unspecified atom stereocenters. The summed E-state index contributed by atoms with van der Waals surface area (Å²) in [5, 5.41) is 3.73. The van der Waals surface area contributed by atoms with Gasteiger partial charge in [-0.25, -0.2) is 4.39 Å². The van der Waals surface area contributed by atoms with Crippen molar-refractivity contribution in [3.63, 3.8) is 0 Å². The van der Waals surface area contributed by atoms with E-state index in [0.29, 0.717) is 0 Å². The van der Waals surface area contributed by atoms with Crippen LogP contribution in [0.2, 0.25) is 0 Å². The number of hydrogen-bond acceptors (Lipinski definition) is 2. The molecule has 1 aromatic carbocycles. The van der Waals surface area contributed by atoms with Crippen LogP contribution in [0.1, 0.15) is 77.2 Å². The molecule has 2 nitrogen and oxygen atoms in total. The van der Waals surface area contributed by atoms with Gasteiger partial charge in [-0.15, -0.1) is 0 Å². The predicted molar refractivity (Wildman–Crippen MR) is 106 cm³/mol. The maximum absolute atomic E-state index is 13.5. The van der Waals surface area contributed by atoms with Gasteiger partial charge in [-0.2, -0.15) is 0 Å². The third kappa shape index (κ3) is 4.48. The first kappa shape index (κ1) is 19.8. The quantitative estimate of drug-likeness (QED) is 0.608. The molecule has 1 atom stereocenters. The Morgan fingerprint density at radius 1 is 1.12 bits per heavy atom. The Morgan fingerprint density at radius 2 is 1.81 bits per heavy atom. The van der Waals surface area contributed by atoms with E-state index < -0.39 is 0 Å². The zero-order valence-electron chi connectivity index (χ0n) is 16.7. The summed E-state index contributed by atoms with van der Waals surface area (Å²) in [7, 11) is 0. The van der Waals surface area contributed by atoms with Crippen LogP contribution < -0.4 is 5.32 Å². The van der Waals surface area contributed by atoms with E-state index in [2.05, 4.69) is 19.2 Å². The van der Waals surface area contributed by atoms with Crippen LogP contribution in [0.4, 0.5) is 4.39 Å². The number of rotatable bonds is 8. The molecule has 0 amide bonds. The molecule has 1 aromatic rings. The summed E-state index contributed by atoms with van der Waals surface area (Å²) in [6, 6.07) is 7.26. The van der Waals surface area contributed by atoms with Crippen LogP contribution in [0.15, 0.2) is 24.3 Å². The largest absolute Gasteiger partial charge is 0.375 e. The van der Waals surface area contributed by atoms with Crippen molar-refractivity contribution in [2.24, 2.45) is 5.92 Å². The minimum Gasteiger partial charge on any atom is -0.375 e. The average Bonchev–Trinajstić information content (AvgIpc) is 3.19. The highest BCUT2D eigenvalue weighted by molar-refractivity contribution is 5.28. The summed E-state index contributed by atoms with van der Waals surface area (Å²) < 4.78 is 19.8. The zero-order chi connectivity index (χ0) is 18.5. The summed E-state index contributed by atoms with van der Waals surface area (Å²) in [5.41, 5.74) is 1.36. The summed E-state index contributed by atoms with van der Waals surface area (Å²) in [6.07, 6.45) is 10.9. The lowest BCUT2D eigenvalue weighted by Crippen LogP contribution is -2.48. The van der Waals surface area contributed by atoms with Crippen molar-refractivity contribution in [3.8, 4) is 0 Å². The monoisotopic (exact) mass is 361 g/mol. The summed E-state index contributed by atoms with van der Waals surface area (Å²) >= 11 is 0. The summed E-state index contributed by atoms with van der Waals surface area (Å²) in [4.78, 5) is 0. The van der Waals surface area contributed by atoms with Crippen LogP contribution in [0.5, 0.6) is 0 Å². The van der Waals surface area contributed by atoms with Crippen molar-refractivity contribution >= 4 is 0 Å². The lowest BCUT2D eigenvalue weighted by molar-refractivity contribution is -0.112. The molecular weight excluding hydrogens is 325 g/mol. The number of ether oxygens (including phenoxy) is 1. The van der Waals surface area contributed by atoms with E-state index in [1.54, 1.807) is 12.1 Å². The van der Waals surface area contributed by atoms with Gasteiger partial charge in [-0.05, 0) is 81.6 Å². The fourth-order valence-electron chi connectivity index (χ4n) is 5.18. The van der Waals surface area contributed by atoms with E-state index in [-0.39, 0.29) is 16.8 Å². The van der Waals surface area contributed by atoms with Gasteiger partial charge in [-0.3, -0.25) is 0 Å². The van der Waals surface area contributed by atoms with Gasteiger partial charge in [-0.1, -0.05) is 38.8 Å². The van der Waals surface area contributed by atoms with Gasteiger partial charge in [0.1, 0.15) is 5.82 Å². The van der Waals surface area contributed by atoms with Crippen molar-refractivity contribution in [2.75, 3.05) is 19.7 Å². The molecule has 0 spiro atoms. The van der Waals surface area contributed by atoms with E-state index in [4.69, 9.17) is 4.74 Å². The Kier molecular flexibility index (Phi) is 6.74. The van der Waals surface area contributed by atoms with Crippen molar-refractivity contribution in [2.45, 2.75) is 82.7 Å². The maximum Gasteiger partial charge on any atom is 0.123 e. The van der Waals surface area contributed by atoms with Crippen LogP contribution in [0.25, 0.3) is 0 Å². The molecular formula is C23H36FNO. The maximum atomic E-state index is 13.5. The molecule has 1 aliphatic heterocycles. The highest BCUT2D eigenvalue weighted by Crippen LogP contribution is 2.46. The van der Waals surface area contributed by atoms with Crippen molar-refractivity contribution in [1.82, 2.24) is 5.32 Å². The lowest BCUT2D eigenvalue weighted by atomic mass is 9.65. The average molecular weight is 362 g/mol. The second kappa shape index (κ2) is 8.84. The fraction of sp³-hybridized carbons (Fsp3) is 0.739. The Hall–Kier alpha value is -0.930. The van der Waals surface area contributed by atoms with Gasteiger partial charge in [0.2, 0.25) is 0 Å². The highest BCUT2D eigenvalue weighted by atomic mass is 19.1. The van der Waals surface area contributed by atoms with E-state index >= 15 is 0 Å². The number of hydrogen-bond donors (Lipinski definition) is 1. The van der Waals surface area contributed by atoms with Gasteiger partial charge in [0, 0.05) is 12.0 Å². The van der Waals surface area contributed by atoms with Crippen LogP contribution >= 0.6 is 0 Å². The second-order valence-electron chi connectivity index (χ2n) is 8.56. The molecule has 1 saturated heterocycles. The first-order valence-electron chi connectivity index (χ1n) is 10.7. The van der Waals surface area contributed by atoms with E-state index in [1.807, 2.05) is 12.1 Å². The van der Waals surface area contributed by atoms with Gasteiger partial charge < -0.3 is 10.1 Å². The molecule has 3 rings (SSSR count). The molecule has 1 heterocycles. The highest BCUT2D eigenvalue weighted by Gasteiger charge is 2.44. The van der Waals surface area contributed by atoms with Gasteiger partial charge in [0.15, 0.2) is 0 Å². The molecule has 2 fully saturated rings. The second-order valence-corrected chi connectivity index (χ2v) is 8.56. The Bertz CT molecular complexity index is 548. The molecule has 146 valence electrons. The molecule has 3 heteroatoms. The minimum absolute atomic E-state index is 0.0297. The molecule has 1 N–H and O–H groups in total. The van der Waals surface area contributed by atoms with E-state index in [1.165, 1.54) is 31.2 Å². The summed E-state index contributed by atoms with van der Waals surface area (Å²) in [6.45, 7) is 7.48.